The minimum atomic E-state index is 0.908. The average Bonchev–Trinajstić information content (AvgIpc) is 2.14. The zero-order chi connectivity index (χ0) is 10.3. The summed E-state index contributed by atoms with van der Waals surface area (Å²) in [5.41, 5.74) is 5.80. The van der Waals surface area contributed by atoms with E-state index in [2.05, 4.69) is 22.2 Å². The van der Waals surface area contributed by atoms with E-state index in [1.54, 1.807) is 6.20 Å². The Balaban J connectivity index is 0.000000671. The standard InChI is InChI=1S/C8H11N3.C2H6/c1-6-4-7(2)10-5-8(6)11-9-3;1-2/h4-5,11H,3H2,1-2H3;1-2H3. The molecule has 1 heterocycles. The molecule has 1 aromatic heterocycles. The summed E-state index contributed by atoms with van der Waals surface area (Å²) in [6, 6.07) is 1.99. The number of hydrazone groups is 1. The summed E-state index contributed by atoms with van der Waals surface area (Å²) in [5, 5.41) is 3.56. The zero-order valence-corrected chi connectivity index (χ0v) is 8.76. The van der Waals surface area contributed by atoms with E-state index < -0.39 is 0 Å². The molecule has 0 aliphatic rings. The first-order valence-corrected chi connectivity index (χ1v) is 4.39. The molecule has 1 rings (SSSR count). The molecule has 0 unspecified atom stereocenters. The third kappa shape index (κ3) is 3.69. The molecule has 1 N–H and O–H groups in total. The van der Waals surface area contributed by atoms with E-state index in [0.717, 1.165) is 16.9 Å². The third-order valence-electron chi connectivity index (χ3n) is 1.45. The molecule has 1 aromatic rings. The maximum atomic E-state index is 4.11. The molecule has 0 bridgehead atoms. The molecule has 0 fully saturated rings. The van der Waals surface area contributed by atoms with Crippen LogP contribution in [0.25, 0.3) is 0 Å². The number of rotatable bonds is 2. The lowest BCUT2D eigenvalue weighted by molar-refractivity contribution is 1.16. The van der Waals surface area contributed by atoms with Crippen LogP contribution in [0.1, 0.15) is 25.1 Å². The summed E-state index contributed by atoms with van der Waals surface area (Å²) in [4.78, 5) is 4.11. The molecule has 0 spiro atoms. The van der Waals surface area contributed by atoms with Crippen molar-refractivity contribution in [2.75, 3.05) is 5.43 Å². The van der Waals surface area contributed by atoms with Gasteiger partial charge in [-0.05, 0) is 25.5 Å². The van der Waals surface area contributed by atoms with Gasteiger partial charge in [0.05, 0.1) is 11.9 Å². The van der Waals surface area contributed by atoms with Crippen molar-refractivity contribution in [3.63, 3.8) is 0 Å². The van der Waals surface area contributed by atoms with Crippen molar-refractivity contribution in [3.8, 4) is 0 Å². The number of hydrogen-bond donors (Lipinski definition) is 1. The van der Waals surface area contributed by atoms with E-state index >= 15 is 0 Å². The van der Waals surface area contributed by atoms with E-state index in [1.165, 1.54) is 0 Å². The van der Waals surface area contributed by atoms with Crippen LogP contribution in [-0.4, -0.2) is 11.7 Å². The second-order valence-electron chi connectivity index (χ2n) is 2.41. The minimum absolute atomic E-state index is 0.908. The summed E-state index contributed by atoms with van der Waals surface area (Å²) in [6.45, 7) is 11.3. The molecule has 0 aliphatic heterocycles. The fourth-order valence-electron chi connectivity index (χ4n) is 0.899. The number of nitrogens with zero attached hydrogens (tertiary/aromatic N) is 2. The monoisotopic (exact) mass is 179 g/mol. The number of aromatic nitrogens is 1. The number of hydrogen-bond acceptors (Lipinski definition) is 3. The van der Waals surface area contributed by atoms with Gasteiger partial charge < -0.3 is 0 Å². The van der Waals surface area contributed by atoms with Crippen molar-refractivity contribution in [2.24, 2.45) is 5.10 Å². The smallest absolute Gasteiger partial charge is 0.0774 e. The average molecular weight is 179 g/mol. The van der Waals surface area contributed by atoms with Crippen LogP contribution >= 0.6 is 0 Å². The lowest BCUT2D eigenvalue weighted by atomic mass is 10.2. The summed E-state index contributed by atoms with van der Waals surface area (Å²) in [6.07, 6.45) is 1.75. The van der Waals surface area contributed by atoms with Crippen LogP contribution < -0.4 is 5.43 Å². The van der Waals surface area contributed by atoms with Crippen molar-refractivity contribution in [1.29, 1.82) is 0 Å². The van der Waals surface area contributed by atoms with Crippen LogP contribution in [-0.2, 0) is 0 Å². The third-order valence-corrected chi connectivity index (χ3v) is 1.45. The van der Waals surface area contributed by atoms with E-state index in [1.807, 2.05) is 33.8 Å². The van der Waals surface area contributed by atoms with Crippen molar-refractivity contribution in [3.05, 3.63) is 23.5 Å². The van der Waals surface area contributed by atoms with Gasteiger partial charge >= 0.3 is 0 Å². The first kappa shape index (κ1) is 11.6. The Morgan fingerprint density at radius 3 is 2.46 bits per heavy atom. The largest absolute Gasteiger partial charge is 0.277 e. The molecule has 0 saturated carbocycles. The summed E-state index contributed by atoms with van der Waals surface area (Å²) in [7, 11) is 0. The van der Waals surface area contributed by atoms with Gasteiger partial charge in [-0.15, -0.1) is 0 Å². The Bertz CT molecular complexity index is 269. The van der Waals surface area contributed by atoms with Gasteiger partial charge in [-0.1, -0.05) is 13.8 Å². The number of pyridine rings is 1. The quantitative estimate of drug-likeness (QED) is 0.560. The zero-order valence-electron chi connectivity index (χ0n) is 8.76. The molecule has 0 aliphatic carbocycles. The second kappa shape index (κ2) is 6.17. The van der Waals surface area contributed by atoms with E-state index in [4.69, 9.17) is 0 Å². The number of nitrogens with one attached hydrogen (secondary N) is 1. The van der Waals surface area contributed by atoms with Gasteiger partial charge in [-0.2, -0.15) is 5.10 Å². The maximum Gasteiger partial charge on any atom is 0.0774 e. The van der Waals surface area contributed by atoms with Gasteiger partial charge in [0.1, 0.15) is 0 Å². The Morgan fingerprint density at radius 2 is 2.00 bits per heavy atom. The molecule has 3 nitrogen and oxygen atoms in total. The predicted molar refractivity (Wildman–Crippen MR) is 58.2 cm³/mol. The van der Waals surface area contributed by atoms with Crippen LogP contribution in [0.4, 0.5) is 5.69 Å². The van der Waals surface area contributed by atoms with Gasteiger partial charge in [-0.3, -0.25) is 10.4 Å². The minimum Gasteiger partial charge on any atom is -0.277 e. The molecule has 72 valence electrons. The maximum absolute atomic E-state index is 4.11. The molecule has 0 radical (unpaired) electrons. The Labute approximate surface area is 79.9 Å². The Kier molecular flexibility index (Phi) is 5.52. The van der Waals surface area contributed by atoms with Gasteiger partial charge in [0.25, 0.3) is 0 Å². The highest BCUT2D eigenvalue weighted by Crippen LogP contribution is 2.12. The molecule has 0 atom stereocenters. The SMILES string of the molecule is C=NNc1cnc(C)cc1C.CC. The summed E-state index contributed by atoms with van der Waals surface area (Å²) in [5.74, 6) is 0. The van der Waals surface area contributed by atoms with E-state index in [0.29, 0.717) is 0 Å². The molecule has 3 heteroatoms. The van der Waals surface area contributed by atoms with Crippen LogP contribution in [0.3, 0.4) is 0 Å². The van der Waals surface area contributed by atoms with E-state index in [-0.39, 0.29) is 0 Å². The Morgan fingerprint density at radius 1 is 1.38 bits per heavy atom. The molecule has 13 heavy (non-hydrogen) atoms. The lowest BCUT2D eigenvalue weighted by Crippen LogP contribution is -1.92. The van der Waals surface area contributed by atoms with Crippen molar-refractivity contribution in [1.82, 2.24) is 4.98 Å². The Hall–Kier alpha value is -1.38. The van der Waals surface area contributed by atoms with Gasteiger partial charge in [0, 0.05) is 12.4 Å². The number of aryl methyl sites for hydroxylation is 2. The van der Waals surface area contributed by atoms with Crippen LogP contribution in [0.2, 0.25) is 0 Å². The normalized spacial score (nSPS) is 8.31. The topological polar surface area (TPSA) is 37.3 Å². The molecule has 0 amide bonds. The molecular weight excluding hydrogens is 162 g/mol. The summed E-state index contributed by atoms with van der Waals surface area (Å²) >= 11 is 0. The van der Waals surface area contributed by atoms with Crippen LogP contribution in [0.5, 0.6) is 0 Å². The highest BCUT2D eigenvalue weighted by atomic mass is 15.3. The van der Waals surface area contributed by atoms with Gasteiger partial charge in [-0.25, -0.2) is 0 Å². The summed E-state index contributed by atoms with van der Waals surface area (Å²) < 4.78 is 0. The van der Waals surface area contributed by atoms with Gasteiger partial charge in [0.15, 0.2) is 0 Å². The molecular formula is C10H17N3. The predicted octanol–water partition coefficient (Wildman–Crippen LogP) is 2.75. The second-order valence-corrected chi connectivity index (χ2v) is 2.41. The highest BCUT2D eigenvalue weighted by molar-refractivity contribution is 5.49. The fraction of sp³-hybridized carbons (Fsp3) is 0.400. The fourth-order valence-corrected chi connectivity index (χ4v) is 0.899. The van der Waals surface area contributed by atoms with E-state index in [9.17, 15) is 0 Å². The molecule has 0 aromatic carbocycles. The van der Waals surface area contributed by atoms with Crippen LogP contribution in [0, 0.1) is 13.8 Å². The van der Waals surface area contributed by atoms with Crippen molar-refractivity contribution in [2.45, 2.75) is 27.7 Å². The van der Waals surface area contributed by atoms with Crippen molar-refractivity contribution >= 4 is 12.4 Å². The molecule has 0 saturated heterocycles. The van der Waals surface area contributed by atoms with Gasteiger partial charge in [0.2, 0.25) is 0 Å². The van der Waals surface area contributed by atoms with Crippen LogP contribution in [0.15, 0.2) is 17.4 Å². The lowest BCUT2D eigenvalue weighted by Gasteiger charge is -2.03. The first-order chi connectivity index (χ1) is 6.24. The number of anilines is 1. The highest BCUT2D eigenvalue weighted by Gasteiger charge is 1.95. The van der Waals surface area contributed by atoms with Crippen molar-refractivity contribution < 1.29 is 0 Å². The first-order valence-electron chi connectivity index (χ1n) is 4.39.